The van der Waals surface area contributed by atoms with Crippen LogP contribution in [0, 0.1) is 0 Å². The third-order valence-corrected chi connectivity index (χ3v) is 3.68. The van der Waals surface area contributed by atoms with E-state index in [1.165, 1.54) is 18.7 Å². The largest absolute Gasteiger partial charge is 0.481 e. The van der Waals surface area contributed by atoms with Crippen LogP contribution in [0.3, 0.4) is 0 Å². The maximum absolute atomic E-state index is 12.3. The van der Waals surface area contributed by atoms with E-state index < -0.39 is 33.5 Å². The number of amides is 1. The first kappa shape index (κ1) is 16.9. The van der Waals surface area contributed by atoms with Crippen molar-refractivity contribution in [3.63, 3.8) is 0 Å². The van der Waals surface area contributed by atoms with Gasteiger partial charge in [0.2, 0.25) is 15.9 Å². The number of aliphatic carboxylic acids is 1. The Labute approximate surface area is 118 Å². The van der Waals surface area contributed by atoms with Gasteiger partial charge in [-0.15, -0.1) is 0 Å². The van der Waals surface area contributed by atoms with E-state index in [4.69, 9.17) is 9.84 Å². The van der Waals surface area contributed by atoms with Crippen molar-refractivity contribution in [2.45, 2.75) is 31.9 Å². The maximum Gasteiger partial charge on any atom is 0.306 e. The summed E-state index contributed by atoms with van der Waals surface area (Å²) in [6, 6.07) is 0. The molecule has 8 nitrogen and oxygen atoms in total. The predicted octanol–water partition coefficient (Wildman–Crippen LogP) is -0.984. The minimum Gasteiger partial charge on any atom is -0.481 e. The van der Waals surface area contributed by atoms with Gasteiger partial charge in [-0.1, -0.05) is 0 Å². The van der Waals surface area contributed by atoms with Gasteiger partial charge in [-0.2, -0.15) is 0 Å². The molecule has 1 saturated heterocycles. The minimum atomic E-state index is -3.52. The third kappa shape index (κ3) is 5.06. The molecule has 20 heavy (non-hydrogen) atoms. The Balaban J connectivity index is 2.73. The number of carboxylic acid groups (broad SMARTS) is 1. The van der Waals surface area contributed by atoms with Crippen LogP contribution in [0.2, 0.25) is 0 Å². The molecule has 1 rings (SSSR count). The predicted molar refractivity (Wildman–Crippen MR) is 70.6 cm³/mol. The van der Waals surface area contributed by atoms with Crippen LogP contribution in [0.5, 0.6) is 0 Å². The number of carbonyl (C=O) groups is 2. The molecule has 0 aromatic rings. The number of rotatable bonds is 5. The number of nitrogens with one attached hydrogen (secondary N) is 1. The van der Waals surface area contributed by atoms with Crippen molar-refractivity contribution < 1.29 is 27.9 Å². The fourth-order valence-corrected chi connectivity index (χ4v) is 3.14. The molecule has 1 heterocycles. The lowest BCUT2D eigenvalue weighted by Crippen LogP contribution is -2.59. The average Bonchev–Trinajstić information content (AvgIpc) is 2.24. The fourth-order valence-electron chi connectivity index (χ4n) is 2.12. The molecule has 1 amide bonds. The lowest BCUT2D eigenvalue weighted by Gasteiger charge is -2.37. The standard InChI is InChI=1S/C11H20N2O6S/c1-11(2,12-20(3,17)18)10(16)13-4-5-19-8(7-13)6-9(14)15/h8,12H,4-7H2,1-3H3,(H,14,15). The SMILES string of the molecule is CC(C)(NS(C)(=O)=O)C(=O)N1CCOC(CC(=O)O)C1. The van der Waals surface area contributed by atoms with Gasteiger partial charge in [-0.3, -0.25) is 9.59 Å². The fraction of sp³-hybridized carbons (Fsp3) is 0.818. The van der Waals surface area contributed by atoms with E-state index in [0.29, 0.717) is 6.54 Å². The monoisotopic (exact) mass is 308 g/mol. The second-order valence-corrected chi connectivity index (χ2v) is 7.09. The zero-order valence-corrected chi connectivity index (χ0v) is 12.6. The summed E-state index contributed by atoms with van der Waals surface area (Å²) >= 11 is 0. The summed E-state index contributed by atoms with van der Waals surface area (Å²) in [6.45, 7) is 3.62. The maximum atomic E-state index is 12.3. The quantitative estimate of drug-likeness (QED) is 0.674. The van der Waals surface area contributed by atoms with Crippen molar-refractivity contribution in [1.29, 1.82) is 0 Å². The van der Waals surface area contributed by atoms with Gasteiger partial charge in [-0.25, -0.2) is 13.1 Å². The molecule has 0 spiro atoms. The van der Waals surface area contributed by atoms with Crippen molar-refractivity contribution in [2.24, 2.45) is 0 Å². The van der Waals surface area contributed by atoms with Gasteiger partial charge in [0.1, 0.15) is 5.54 Å². The van der Waals surface area contributed by atoms with Crippen LogP contribution >= 0.6 is 0 Å². The van der Waals surface area contributed by atoms with E-state index in [-0.39, 0.29) is 19.6 Å². The number of sulfonamides is 1. The Morgan fingerprint density at radius 1 is 1.45 bits per heavy atom. The van der Waals surface area contributed by atoms with Gasteiger partial charge in [0.25, 0.3) is 0 Å². The van der Waals surface area contributed by atoms with Crippen molar-refractivity contribution in [2.75, 3.05) is 26.0 Å². The smallest absolute Gasteiger partial charge is 0.306 e. The Bertz CT molecular complexity index is 487. The summed E-state index contributed by atoms with van der Waals surface area (Å²) < 4.78 is 30.1. The Morgan fingerprint density at radius 3 is 2.55 bits per heavy atom. The summed E-state index contributed by atoms with van der Waals surface area (Å²) in [5.74, 6) is -1.40. The number of carboxylic acids is 1. The van der Waals surface area contributed by atoms with Crippen LogP contribution in [0.4, 0.5) is 0 Å². The second kappa shape index (κ2) is 6.06. The molecule has 1 fully saturated rings. The molecule has 0 aromatic heterocycles. The topological polar surface area (TPSA) is 113 Å². The lowest BCUT2D eigenvalue weighted by molar-refractivity contribution is -0.150. The third-order valence-electron chi connectivity index (χ3n) is 2.80. The summed E-state index contributed by atoms with van der Waals surface area (Å²) in [4.78, 5) is 24.4. The second-order valence-electron chi connectivity index (χ2n) is 5.34. The number of carbonyl (C=O) groups excluding carboxylic acids is 1. The summed E-state index contributed by atoms with van der Waals surface area (Å²) in [7, 11) is -3.52. The van der Waals surface area contributed by atoms with E-state index in [9.17, 15) is 18.0 Å². The Kier molecular flexibility index (Phi) is 5.11. The summed E-state index contributed by atoms with van der Waals surface area (Å²) in [5.41, 5.74) is -1.28. The Morgan fingerprint density at radius 2 is 2.05 bits per heavy atom. The molecule has 2 N–H and O–H groups in total. The van der Waals surface area contributed by atoms with Crippen molar-refractivity contribution >= 4 is 21.9 Å². The van der Waals surface area contributed by atoms with E-state index in [1.807, 2.05) is 0 Å². The van der Waals surface area contributed by atoms with Crippen LogP contribution in [-0.2, 0) is 24.3 Å². The first-order valence-corrected chi connectivity index (χ1v) is 8.02. The summed E-state index contributed by atoms with van der Waals surface area (Å²) in [5, 5.41) is 8.73. The molecule has 0 aromatic carbocycles. The van der Waals surface area contributed by atoms with Gasteiger partial charge in [-0.05, 0) is 13.8 Å². The van der Waals surface area contributed by atoms with E-state index in [0.717, 1.165) is 6.26 Å². The van der Waals surface area contributed by atoms with Gasteiger partial charge in [0, 0.05) is 13.1 Å². The van der Waals surface area contributed by atoms with Crippen LogP contribution < -0.4 is 4.72 Å². The van der Waals surface area contributed by atoms with E-state index in [2.05, 4.69) is 4.72 Å². The van der Waals surface area contributed by atoms with E-state index in [1.54, 1.807) is 0 Å². The highest BCUT2D eigenvalue weighted by Gasteiger charge is 2.37. The van der Waals surface area contributed by atoms with Crippen molar-refractivity contribution in [3.8, 4) is 0 Å². The first-order valence-electron chi connectivity index (χ1n) is 6.13. The van der Waals surface area contributed by atoms with Gasteiger partial charge < -0.3 is 14.7 Å². The molecular formula is C11H20N2O6S. The summed E-state index contributed by atoms with van der Waals surface area (Å²) in [6.07, 6.45) is 0.220. The number of hydrogen-bond acceptors (Lipinski definition) is 5. The molecule has 0 saturated carbocycles. The Hall–Kier alpha value is -1.19. The normalized spacial score (nSPS) is 20.8. The number of ether oxygens (including phenoxy) is 1. The molecule has 0 bridgehead atoms. The van der Waals surface area contributed by atoms with E-state index >= 15 is 0 Å². The molecule has 0 radical (unpaired) electrons. The van der Waals surface area contributed by atoms with Gasteiger partial charge in [0.15, 0.2) is 0 Å². The van der Waals surface area contributed by atoms with Crippen LogP contribution in [0.15, 0.2) is 0 Å². The highest BCUT2D eigenvalue weighted by Crippen LogP contribution is 2.15. The number of hydrogen-bond donors (Lipinski definition) is 2. The molecule has 1 unspecified atom stereocenters. The first-order chi connectivity index (χ1) is 9.01. The molecule has 0 aliphatic carbocycles. The van der Waals surface area contributed by atoms with Crippen molar-refractivity contribution in [1.82, 2.24) is 9.62 Å². The molecule has 1 aliphatic heterocycles. The molecule has 116 valence electrons. The lowest BCUT2D eigenvalue weighted by atomic mass is 10.0. The van der Waals surface area contributed by atoms with Gasteiger partial charge in [0.05, 0.1) is 25.4 Å². The zero-order valence-electron chi connectivity index (χ0n) is 11.7. The van der Waals surface area contributed by atoms with Crippen molar-refractivity contribution in [3.05, 3.63) is 0 Å². The number of morpholine rings is 1. The number of nitrogens with zero attached hydrogens (tertiary/aromatic N) is 1. The average molecular weight is 308 g/mol. The molecule has 1 atom stereocenters. The highest BCUT2D eigenvalue weighted by molar-refractivity contribution is 7.88. The molecule has 9 heteroatoms. The molecule has 1 aliphatic rings. The molecular weight excluding hydrogens is 288 g/mol. The highest BCUT2D eigenvalue weighted by atomic mass is 32.2. The van der Waals surface area contributed by atoms with Crippen LogP contribution in [0.25, 0.3) is 0 Å². The minimum absolute atomic E-state index is 0.139. The van der Waals surface area contributed by atoms with Crippen LogP contribution in [0.1, 0.15) is 20.3 Å². The van der Waals surface area contributed by atoms with Crippen LogP contribution in [-0.4, -0.2) is 67.9 Å². The van der Waals surface area contributed by atoms with Gasteiger partial charge >= 0.3 is 5.97 Å². The zero-order chi connectivity index (χ0) is 15.6.